The van der Waals surface area contributed by atoms with E-state index in [1.54, 1.807) is 55.4 Å². The van der Waals surface area contributed by atoms with E-state index in [9.17, 15) is 0 Å². The standard InChI is InChI=1S/8C2H5O.2W/c8*1-2-3;;/h8*2H2,1H3;;/q8*-1;;. The van der Waals surface area contributed by atoms with E-state index < -0.39 is 0 Å². The van der Waals surface area contributed by atoms with Gasteiger partial charge in [-0.3, -0.25) is 0 Å². The molecule has 0 N–H and O–H groups in total. The van der Waals surface area contributed by atoms with Crippen LogP contribution in [0.25, 0.3) is 0 Å². The van der Waals surface area contributed by atoms with Gasteiger partial charge in [0.25, 0.3) is 0 Å². The number of hydrogen-bond acceptors (Lipinski definition) is 8. The maximum atomic E-state index is 8.93. The van der Waals surface area contributed by atoms with E-state index in [0.717, 1.165) is 0 Å². The van der Waals surface area contributed by atoms with Crippen LogP contribution in [0.2, 0.25) is 0 Å². The molecule has 0 aliphatic rings. The second-order valence-corrected chi connectivity index (χ2v) is 2.31. The Morgan fingerprint density at radius 2 is 0.269 bits per heavy atom. The number of hydrogen-bond donors (Lipinski definition) is 0. The maximum absolute atomic E-state index is 8.93. The smallest absolute Gasteiger partial charge is 0 e. The predicted molar refractivity (Wildman–Crippen MR) is 84.3 cm³/mol. The Morgan fingerprint density at radius 1 is 0.269 bits per heavy atom. The molecule has 8 nitrogen and oxygen atoms in total. The van der Waals surface area contributed by atoms with Crippen LogP contribution in [0.5, 0.6) is 0 Å². The van der Waals surface area contributed by atoms with Crippen molar-refractivity contribution >= 4 is 0 Å². The molecular weight excluding hydrogens is 688 g/mol. The van der Waals surface area contributed by atoms with E-state index in [1.165, 1.54) is 0 Å². The van der Waals surface area contributed by atoms with Crippen LogP contribution in [0.1, 0.15) is 55.4 Å². The zero-order valence-electron chi connectivity index (χ0n) is 17.7. The fourth-order valence-electron chi connectivity index (χ4n) is 0. The van der Waals surface area contributed by atoms with Crippen molar-refractivity contribution in [3.05, 3.63) is 0 Å². The molecule has 0 spiro atoms. The van der Waals surface area contributed by atoms with Gasteiger partial charge in [-0.1, -0.05) is 55.4 Å². The normalized spacial score (nSPS) is 5.54. The van der Waals surface area contributed by atoms with E-state index in [4.69, 9.17) is 40.9 Å². The van der Waals surface area contributed by atoms with Crippen LogP contribution < -0.4 is 40.9 Å². The van der Waals surface area contributed by atoms with Crippen LogP contribution >= 0.6 is 0 Å². The van der Waals surface area contributed by atoms with Gasteiger partial charge in [0.05, 0.1) is 0 Å². The third kappa shape index (κ3) is 13000. The molecule has 0 aromatic rings. The van der Waals surface area contributed by atoms with E-state index in [1.807, 2.05) is 0 Å². The van der Waals surface area contributed by atoms with Crippen LogP contribution in [0.15, 0.2) is 0 Å². The molecule has 0 saturated carbocycles. The largest absolute Gasteiger partial charge is 0.855 e. The van der Waals surface area contributed by atoms with Crippen molar-refractivity contribution in [2.45, 2.75) is 55.4 Å². The van der Waals surface area contributed by atoms with Crippen molar-refractivity contribution in [2.75, 3.05) is 52.9 Å². The fraction of sp³-hybridized carbons (Fsp3) is 1.00. The van der Waals surface area contributed by atoms with Crippen LogP contribution in [0, 0.1) is 0 Å². The first-order valence-electron chi connectivity index (χ1n) is 7.97. The van der Waals surface area contributed by atoms with Crippen LogP contribution in [0.3, 0.4) is 0 Å². The van der Waals surface area contributed by atoms with Crippen molar-refractivity contribution in [1.82, 2.24) is 0 Å². The van der Waals surface area contributed by atoms with Gasteiger partial charge in [0, 0.05) is 42.1 Å². The van der Waals surface area contributed by atoms with Gasteiger partial charge in [0.1, 0.15) is 0 Å². The Morgan fingerprint density at radius 3 is 0.269 bits per heavy atom. The Hall–Kier alpha value is 1.06. The minimum Gasteiger partial charge on any atom is -0.855 e. The molecule has 26 heavy (non-hydrogen) atoms. The van der Waals surface area contributed by atoms with Crippen molar-refractivity contribution in [3.63, 3.8) is 0 Å². The summed E-state index contributed by atoms with van der Waals surface area (Å²) in [6.45, 7) is 12.6. The molecule has 0 aromatic carbocycles. The van der Waals surface area contributed by atoms with E-state index in [-0.39, 0.29) is 95.0 Å². The second kappa shape index (κ2) is 199. The molecule has 0 rings (SSSR count). The van der Waals surface area contributed by atoms with Gasteiger partial charge in [0.15, 0.2) is 0 Å². The Balaban J connectivity index is -0.0000000139. The van der Waals surface area contributed by atoms with Crippen molar-refractivity contribution < 1.29 is 83.0 Å². The summed E-state index contributed by atoms with van der Waals surface area (Å²) in [7, 11) is 0. The zero-order valence-corrected chi connectivity index (χ0v) is 23.6. The van der Waals surface area contributed by atoms with Crippen molar-refractivity contribution in [2.24, 2.45) is 0 Å². The SMILES string of the molecule is CC[O-].CC[O-].CC[O-].CC[O-].CC[O-].CC[O-].CC[O-].CC[O-].[W].[W]. The summed E-state index contributed by atoms with van der Waals surface area (Å²) in [5.41, 5.74) is 0. The van der Waals surface area contributed by atoms with Gasteiger partial charge in [0.2, 0.25) is 0 Å². The molecular formula is C16H40O8W2-8. The molecule has 0 atom stereocenters. The monoisotopic (exact) mass is 728 g/mol. The summed E-state index contributed by atoms with van der Waals surface area (Å²) in [5, 5.41) is 71.4. The third-order valence-electron chi connectivity index (χ3n) is 0. The van der Waals surface area contributed by atoms with Crippen LogP contribution in [-0.2, 0) is 42.1 Å². The van der Waals surface area contributed by atoms with Gasteiger partial charge >= 0.3 is 0 Å². The topological polar surface area (TPSA) is 184 Å². The molecule has 0 heterocycles. The van der Waals surface area contributed by atoms with Gasteiger partial charge in [-0.15, -0.1) is 52.9 Å². The molecule has 0 aliphatic heterocycles. The molecule has 0 unspecified atom stereocenters. The minimum absolute atomic E-state index is 0. The second-order valence-electron chi connectivity index (χ2n) is 2.31. The Labute approximate surface area is 190 Å². The van der Waals surface area contributed by atoms with Crippen molar-refractivity contribution in [1.29, 1.82) is 0 Å². The molecule has 0 aliphatic carbocycles. The Bertz CT molecular complexity index is 56.2. The van der Waals surface area contributed by atoms with E-state index in [2.05, 4.69) is 0 Å². The predicted octanol–water partition coefficient (Wildman–Crippen LogP) is -5.07. The van der Waals surface area contributed by atoms with Crippen LogP contribution in [-0.4, -0.2) is 52.9 Å². The van der Waals surface area contributed by atoms with E-state index in [0.29, 0.717) is 0 Å². The fourth-order valence-corrected chi connectivity index (χ4v) is 0. The van der Waals surface area contributed by atoms with E-state index >= 15 is 0 Å². The molecule has 0 radical (unpaired) electrons. The summed E-state index contributed by atoms with van der Waals surface area (Å²) < 4.78 is 0. The van der Waals surface area contributed by atoms with Crippen molar-refractivity contribution in [3.8, 4) is 0 Å². The average molecular weight is 728 g/mol. The first kappa shape index (κ1) is 63.1. The Kier molecular flexibility index (Phi) is 484. The molecule has 172 valence electrons. The third-order valence-corrected chi connectivity index (χ3v) is 0. The molecule has 0 saturated heterocycles. The maximum Gasteiger partial charge on any atom is 0 e. The van der Waals surface area contributed by atoms with Gasteiger partial charge < -0.3 is 40.9 Å². The zero-order chi connectivity index (χ0) is 21.7. The van der Waals surface area contributed by atoms with Gasteiger partial charge in [-0.25, -0.2) is 0 Å². The van der Waals surface area contributed by atoms with Gasteiger partial charge in [-0.2, -0.15) is 0 Å². The summed E-state index contributed by atoms with van der Waals surface area (Å²) in [5.74, 6) is 0. The molecule has 10 heteroatoms. The molecule has 0 amide bonds. The van der Waals surface area contributed by atoms with Crippen LogP contribution in [0.4, 0.5) is 0 Å². The first-order chi connectivity index (χ1) is 11.3. The first-order valence-corrected chi connectivity index (χ1v) is 7.97. The quantitative estimate of drug-likeness (QED) is 0.237. The summed E-state index contributed by atoms with van der Waals surface area (Å²) in [4.78, 5) is 0. The molecule has 0 fully saturated rings. The number of rotatable bonds is 0. The summed E-state index contributed by atoms with van der Waals surface area (Å²) >= 11 is 0. The van der Waals surface area contributed by atoms with Gasteiger partial charge in [-0.05, 0) is 0 Å². The molecule has 0 aromatic heterocycles. The molecule has 0 bridgehead atoms. The average Bonchev–Trinajstić information content (AvgIpc) is 2.45. The summed E-state index contributed by atoms with van der Waals surface area (Å²) in [6, 6.07) is 0. The summed E-state index contributed by atoms with van der Waals surface area (Å²) in [6.07, 6.45) is 0. The minimum atomic E-state index is 0.